The van der Waals surface area contributed by atoms with Gasteiger partial charge in [-0.15, -0.1) is 0 Å². The van der Waals surface area contributed by atoms with Crippen molar-refractivity contribution in [1.29, 1.82) is 0 Å². The summed E-state index contributed by atoms with van der Waals surface area (Å²) >= 11 is 0. The molecule has 2 nitrogen and oxygen atoms in total. The zero-order valence-electron chi connectivity index (χ0n) is 12.0. The summed E-state index contributed by atoms with van der Waals surface area (Å²) in [5.41, 5.74) is 2.55. The highest BCUT2D eigenvalue weighted by Gasteiger charge is 2.23. The van der Waals surface area contributed by atoms with E-state index >= 15 is 0 Å². The van der Waals surface area contributed by atoms with Crippen molar-refractivity contribution in [2.45, 2.75) is 26.0 Å². The van der Waals surface area contributed by atoms with Gasteiger partial charge in [-0.2, -0.15) is 0 Å². The van der Waals surface area contributed by atoms with Gasteiger partial charge >= 0.3 is 0 Å². The molecule has 2 aromatic rings. The molecule has 1 heterocycles. The molecule has 0 aromatic heterocycles. The van der Waals surface area contributed by atoms with Gasteiger partial charge in [0.2, 0.25) is 0 Å². The second-order valence-corrected chi connectivity index (χ2v) is 5.36. The molecule has 1 atom stereocenters. The lowest BCUT2D eigenvalue weighted by Crippen LogP contribution is -2.28. The molecule has 104 valence electrons. The molecule has 0 bridgehead atoms. The Morgan fingerprint density at radius 3 is 2.60 bits per heavy atom. The molecule has 0 aliphatic carbocycles. The summed E-state index contributed by atoms with van der Waals surface area (Å²) in [6.07, 6.45) is 1.29. The van der Waals surface area contributed by atoms with Crippen LogP contribution < -0.4 is 4.74 Å². The topological polar surface area (TPSA) is 12.5 Å². The molecule has 0 N–H and O–H groups in total. The van der Waals surface area contributed by atoms with Gasteiger partial charge in [0.25, 0.3) is 0 Å². The molecule has 1 unspecified atom stereocenters. The third-order valence-corrected chi connectivity index (χ3v) is 3.77. The summed E-state index contributed by atoms with van der Waals surface area (Å²) in [5, 5.41) is 0. The van der Waals surface area contributed by atoms with Crippen LogP contribution in [0.25, 0.3) is 0 Å². The molecule has 0 spiro atoms. The summed E-state index contributed by atoms with van der Waals surface area (Å²) in [6.45, 7) is 5.27. The first-order valence-corrected chi connectivity index (χ1v) is 7.38. The fourth-order valence-corrected chi connectivity index (χ4v) is 2.81. The van der Waals surface area contributed by atoms with Crippen molar-refractivity contribution < 1.29 is 4.74 Å². The molecule has 0 fully saturated rings. The van der Waals surface area contributed by atoms with Crippen molar-refractivity contribution in [3.8, 4) is 5.75 Å². The number of para-hydroxylation sites is 1. The molecular formula is C18H21NO. The molecule has 0 radical (unpaired) electrons. The van der Waals surface area contributed by atoms with Crippen LogP contribution in [0, 0.1) is 0 Å². The lowest BCUT2D eigenvalue weighted by molar-refractivity contribution is 0.148. The maximum atomic E-state index is 6.28. The van der Waals surface area contributed by atoms with E-state index in [1.165, 1.54) is 17.5 Å². The standard InChI is InChI=1S/C18H21NO/c1-2-12-19-13-16-10-6-7-11-17(16)20-18(14-19)15-8-4-3-5-9-15/h3-11,18H,2,12-14H2,1H3. The van der Waals surface area contributed by atoms with Gasteiger partial charge in [-0.25, -0.2) is 0 Å². The van der Waals surface area contributed by atoms with E-state index in [2.05, 4.69) is 66.4 Å². The van der Waals surface area contributed by atoms with Gasteiger partial charge in [0.15, 0.2) is 0 Å². The Morgan fingerprint density at radius 2 is 1.80 bits per heavy atom. The summed E-state index contributed by atoms with van der Waals surface area (Å²) in [5.74, 6) is 1.03. The number of hydrogen-bond acceptors (Lipinski definition) is 2. The van der Waals surface area contributed by atoms with Crippen LogP contribution in [-0.4, -0.2) is 18.0 Å². The highest BCUT2D eigenvalue weighted by molar-refractivity contribution is 5.35. The zero-order valence-corrected chi connectivity index (χ0v) is 12.0. The minimum Gasteiger partial charge on any atom is -0.484 e. The van der Waals surface area contributed by atoms with Gasteiger partial charge in [0, 0.05) is 18.7 Å². The lowest BCUT2D eigenvalue weighted by atomic mass is 10.1. The maximum absolute atomic E-state index is 6.28. The second-order valence-electron chi connectivity index (χ2n) is 5.36. The van der Waals surface area contributed by atoms with Crippen LogP contribution in [-0.2, 0) is 6.54 Å². The Balaban J connectivity index is 1.92. The zero-order chi connectivity index (χ0) is 13.8. The van der Waals surface area contributed by atoms with Gasteiger partial charge in [-0.1, -0.05) is 55.5 Å². The molecular weight excluding hydrogens is 246 g/mol. The minimum atomic E-state index is 0.117. The third-order valence-electron chi connectivity index (χ3n) is 3.77. The van der Waals surface area contributed by atoms with E-state index in [1.54, 1.807) is 0 Å². The first-order valence-electron chi connectivity index (χ1n) is 7.38. The van der Waals surface area contributed by atoms with Crippen molar-refractivity contribution in [1.82, 2.24) is 4.90 Å². The molecule has 0 saturated heterocycles. The van der Waals surface area contributed by atoms with E-state index in [1.807, 2.05) is 0 Å². The van der Waals surface area contributed by atoms with Gasteiger partial charge < -0.3 is 4.74 Å². The summed E-state index contributed by atoms with van der Waals surface area (Å²) in [4.78, 5) is 2.49. The third kappa shape index (κ3) is 2.86. The molecule has 3 rings (SSSR count). The van der Waals surface area contributed by atoms with Crippen molar-refractivity contribution >= 4 is 0 Å². The Labute approximate surface area is 121 Å². The predicted molar refractivity (Wildman–Crippen MR) is 81.8 cm³/mol. The summed E-state index contributed by atoms with van der Waals surface area (Å²) in [7, 11) is 0. The van der Waals surface area contributed by atoms with E-state index in [-0.39, 0.29) is 6.10 Å². The Morgan fingerprint density at radius 1 is 1.05 bits per heavy atom. The van der Waals surface area contributed by atoms with Crippen LogP contribution in [0.4, 0.5) is 0 Å². The molecule has 1 aliphatic rings. The van der Waals surface area contributed by atoms with E-state index in [0.29, 0.717) is 0 Å². The fourth-order valence-electron chi connectivity index (χ4n) is 2.81. The Kier molecular flexibility index (Phi) is 4.03. The minimum absolute atomic E-state index is 0.117. The van der Waals surface area contributed by atoms with E-state index < -0.39 is 0 Å². The van der Waals surface area contributed by atoms with Crippen LogP contribution in [0.2, 0.25) is 0 Å². The van der Waals surface area contributed by atoms with Crippen molar-refractivity contribution in [3.05, 3.63) is 65.7 Å². The van der Waals surface area contributed by atoms with Gasteiger partial charge in [-0.05, 0) is 24.6 Å². The number of ether oxygens (including phenoxy) is 1. The normalized spacial score (nSPS) is 18.9. The van der Waals surface area contributed by atoms with Crippen LogP contribution in [0.1, 0.15) is 30.6 Å². The number of fused-ring (bicyclic) bond motifs is 1. The summed E-state index contributed by atoms with van der Waals surface area (Å²) in [6, 6.07) is 18.9. The first kappa shape index (κ1) is 13.2. The quantitative estimate of drug-likeness (QED) is 0.832. The smallest absolute Gasteiger partial charge is 0.136 e. The molecule has 20 heavy (non-hydrogen) atoms. The predicted octanol–water partition coefficient (Wildman–Crippen LogP) is 4.03. The number of benzene rings is 2. The van der Waals surface area contributed by atoms with E-state index in [9.17, 15) is 0 Å². The lowest BCUT2D eigenvalue weighted by Gasteiger charge is -2.23. The second kappa shape index (κ2) is 6.10. The monoisotopic (exact) mass is 267 g/mol. The fraction of sp³-hybridized carbons (Fsp3) is 0.333. The van der Waals surface area contributed by atoms with Crippen molar-refractivity contribution in [3.63, 3.8) is 0 Å². The van der Waals surface area contributed by atoms with Crippen molar-refractivity contribution in [2.24, 2.45) is 0 Å². The van der Waals surface area contributed by atoms with E-state index in [4.69, 9.17) is 4.74 Å². The first-order chi connectivity index (χ1) is 9.86. The molecule has 2 aromatic carbocycles. The van der Waals surface area contributed by atoms with Gasteiger partial charge in [0.05, 0.1) is 0 Å². The average molecular weight is 267 g/mol. The number of hydrogen-bond donors (Lipinski definition) is 0. The average Bonchev–Trinajstić information content (AvgIpc) is 2.67. The Hall–Kier alpha value is -1.80. The summed E-state index contributed by atoms with van der Waals surface area (Å²) < 4.78 is 6.28. The molecule has 1 aliphatic heterocycles. The Bertz CT molecular complexity index is 552. The maximum Gasteiger partial charge on any atom is 0.136 e. The van der Waals surface area contributed by atoms with E-state index in [0.717, 1.165) is 25.4 Å². The van der Waals surface area contributed by atoms with Crippen LogP contribution in [0.3, 0.4) is 0 Å². The van der Waals surface area contributed by atoms with Crippen LogP contribution in [0.15, 0.2) is 54.6 Å². The molecule has 2 heteroatoms. The molecule has 0 amide bonds. The highest BCUT2D eigenvalue weighted by Crippen LogP contribution is 2.30. The van der Waals surface area contributed by atoms with Gasteiger partial charge in [0.1, 0.15) is 11.9 Å². The number of nitrogens with zero attached hydrogens (tertiary/aromatic N) is 1. The molecule has 0 saturated carbocycles. The largest absolute Gasteiger partial charge is 0.484 e. The van der Waals surface area contributed by atoms with Crippen LogP contribution >= 0.6 is 0 Å². The van der Waals surface area contributed by atoms with Crippen molar-refractivity contribution in [2.75, 3.05) is 13.1 Å². The number of rotatable bonds is 3. The highest BCUT2D eigenvalue weighted by atomic mass is 16.5. The van der Waals surface area contributed by atoms with Gasteiger partial charge in [-0.3, -0.25) is 4.90 Å². The van der Waals surface area contributed by atoms with Crippen LogP contribution in [0.5, 0.6) is 5.75 Å². The SMILES string of the molecule is CCCN1Cc2ccccc2OC(c2ccccc2)C1.